The van der Waals surface area contributed by atoms with Crippen LogP contribution in [0.4, 0.5) is 0 Å². The number of amides is 1. The van der Waals surface area contributed by atoms with Crippen LogP contribution in [0.15, 0.2) is 36.4 Å². The normalized spacial score (nSPS) is 11.1. The molecule has 0 fully saturated rings. The summed E-state index contributed by atoms with van der Waals surface area (Å²) in [4.78, 5) is 11.5. The molecule has 0 saturated heterocycles. The van der Waals surface area contributed by atoms with Crippen molar-refractivity contribution in [3.8, 4) is 12.3 Å². The molecule has 1 N–H and O–H groups in total. The highest BCUT2D eigenvalue weighted by atomic mass is 16.1. The highest BCUT2D eigenvalue weighted by Gasteiger charge is 2.14. The standard InChI is InChI=1S/C14H15NO/c1-4-14(2,3)15-13(16)11-10-12-8-6-5-7-9-12/h1,5-11H,2-3H3,(H,15,16). The summed E-state index contributed by atoms with van der Waals surface area (Å²) in [5.74, 6) is 2.32. The molecule has 2 nitrogen and oxygen atoms in total. The second-order valence-electron chi connectivity index (χ2n) is 4.00. The minimum absolute atomic E-state index is 0.188. The molecule has 0 spiro atoms. The molecular weight excluding hydrogens is 198 g/mol. The summed E-state index contributed by atoms with van der Waals surface area (Å²) >= 11 is 0. The van der Waals surface area contributed by atoms with E-state index in [0.717, 1.165) is 5.56 Å². The number of terminal acetylenes is 1. The van der Waals surface area contributed by atoms with Crippen molar-refractivity contribution in [1.29, 1.82) is 0 Å². The van der Waals surface area contributed by atoms with Crippen molar-refractivity contribution in [1.82, 2.24) is 5.32 Å². The van der Waals surface area contributed by atoms with Gasteiger partial charge in [-0.05, 0) is 25.5 Å². The smallest absolute Gasteiger partial charge is 0.245 e. The van der Waals surface area contributed by atoms with Gasteiger partial charge in [0.05, 0.1) is 5.54 Å². The topological polar surface area (TPSA) is 29.1 Å². The zero-order chi connectivity index (χ0) is 12.0. The van der Waals surface area contributed by atoms with Gasteiger partial charge < -0.3 is 5.32 Å². The summed E-state index contributed by atoms with van der Waals surface area (Å²) in [7, 11) is 0. The van der Waals surface area contributed by atoms with E-state index in [2.05, 4.69) is 11.2 Å². The van der Waals surface area contributed by atoms with Crippen LogP contribution < -0.4 is 5.32 Å². The van der Waals surface area contributed by atoms with Crippen LogP contribution in [-0.2, 0) is 4.79 Å². The molecule has 0 aliphatic heterocycles. The maximum absolute atomic E-state index is 11.5. The first-order valence-corrected chi connectivity index (χ1v) is 5.06. The highest BCUT2D eigenvalue weighted by molar-refractivity contribution is 5.92. The van der Waals surface area contributed by atoms with Crippen molar-refractivity contribution in [3.05, 3.63) is 42.0 Å². The van der Waals surface area contributed by atoms with Gasteiger partial charge in [0.25, 0.3) is 0 Å². The molecule has 82 valence electrons. The van der Waals surface area contributed by atoms with E-state index >= 15 is 0 Å². The summed E-state index contributed by atoms with van der Waals surface area (Å²) in [6.45, 7) is 3.56. The molecule has 0 aliphatic carbocycles. The molecule has 1 rings (SSSR count). The maximum Gasteiger partial charge on any atom is 0.245 e. The van der Waals surface area contributed by atoms with Crippen LogP contribution in [0.1, 0.15) is 19.4 Å². The summed E-state index contributed by atoms with van der Waals surface area (Å²) in [6.07, 6.45) is 8.51. The van der Waals surface area contributed by atoms with Crippen LogP contribution >= 0.6 is 0 Å². The number of hydrogen-bond donors (Lipinski definition) is 1. The van der Waals surface area contributed by atoms with Crippen LogP contribution in [0, 0.1) is 12.3 Å². The molecule has 0 aromatic heterocycles. The Labute approximate surface area is 96.4 Å². The number of carbonyl (C=O) groups is 1. The molecule has 0 unspecified atom stereocenters. The molecule has 2 heteroatoms. The van der Waals surface area contributed by atoms with Gasteiger partial charge in [0.2, 0.25) is 5.91 Å². The fourth-order valence-electron chi connectivity index (χ4n) is 1.12. The van der Waals surface area contributed by atoms with Crippen molar-refractivity contribution >= 4 is 12.0 Å². The monoisotopic (exact) mass is 213 g/mol. The van der Waals surface area contributed by atoms with E-state index < -0.39 is 5.54 Å². The van der Waals surface area contributed by atoms with Crippen molar-refractivity contribution < 1.29 is 4.79 Å². The predicted molar refractivity (Wildman–Crippen MR) is 66.5 cm³/mol. The fourth-order valence-corrected chi connectivity index (χ4v) is 1.12. The molecule has 0 aliphatic rings. The number of rotatable bonds is 3. The Bertz CT molecular complexity index is 424. The molecular formula is C14H15NO. The van der Waals surface area contributed by atoms with Gasteiger partial charge in [0.15, 0.2) is 0 Å². The van der Waals surface area contributed by atoms with Crippen molar-refractivity contribution in [2.24, 2.45) is 0 Å². The lowest BCUT2D eigenvalue weighted by Gasteiger charge is -2.17. The molecule has 1 aromatic carbocycles. The largest absolute Gasteiger partial charge is 0.337 e. The van der Waals surface area contributed by atoms with E-state index in [1.54, 1.807) is 19.9 Å². The maximum atomic E-state index is 11.5. The number of carbonyl (C=O) groups excluding carboxylic acids is 1. The highest BCUT2D eigenvalue weighted by Crippen LogP contribution is 2.02. The van der Waals surface area contributed by atoms with Crippen LogP contribution in [0.3, 0.4) is 0 Å². The van der Waals surface area contributed by atoms with E-state index in [1.807, 2.05) is 30.3 Å². The van der Waals surface area contributed by atoms with Gasteiger partial charge in [-0.3, -0.25) is 4.79 Å². The first-order chi connectivity index (χ1) is 7.53. The second-order valence-corrected chi connectivity index (χ2v) is 4.00. The summed E-state index contributed by atoms with van der Waals surface area (Å²) in [6, 6.07) is 9.62. The Morgan fingerprint density at radius 2 is 2.00 bits per heavy atom. The molecule has 0 bridgehead atoms. The van der Waals surface area contributed by atoms with Crippen molar-refractivity contribution in [2.75, 3.05) is 0 Å². The predicted octanol–water partition coefficient (Wildman–Crippen LogP) is 2.23. The Kier molecular flexibility index (Phi) is 3.90. The molecule has 0 radical (unpaired) electrons. The zero-order valence-electron chi connectivity index (χ0n) is 9.53. The molecule has 1 amide bonds. The minimum atomic E-state index is -0.613. The van der Waals surface area contributed by atoms with Crippen molar-refractivity contribution in [2.45, 2.75) is 19.4 Å². The molecule has 0 heterocycles. The first-order valence-electron chi connectivity index (χ1n) is 5.06. The second kappa shape index (κ2) is 5.18. The van der Waals surface area contributed by atoms with E-state index in [1.165, 1.54) is 6.08 Å². The lowest BCUT2D eigenvalue weighted by molar-refractivity contribution is -0.117. The lowest BCUT2D eigenvalue weighted by atomic mass is 10.1. The van der Waals surface area contributed by atoms with Gasteiger partial charge >= 0.3 is 0 Å². The number of hydrogen-bond acceptors (Lipinski definition) is 1. The number of benzene rings is 1. The summed E-state index contributed by atoms with van der Waals surface area (Å²) in [5, 5.41) is 2.71. The Hall–Kier alpha value is -2.01. The average molecular weight is 213 g/mol. The van der Waals surface area contributed by atoms with Gasteiger partial charge in [-0.25, -0.2) is 0 Å². The van der Waals surface area contributed by atoms with E-state index in [-0.39, 0.29) is 5.91 Å². The van der Waals surface area contributed by atoms with E-state index in [0.29, 0.717) is 0 Å². The zero-order valence-corrected chi connectivity index (χ0v) is 9.53. The molecule has 0 atom stereocenters. The quantitative estimate of drug-likeness (QED) is 0.605. The Morgan fingerprint density at radius 1 is 1.38 bits per heavy atom. The van der Waals surface area contributed by atoms with Crippen LogP contribution in [0.2, 0.25) is 0 Å². The lowest BCUT2D eigenvalue weighted by Crippen LogP contribution is -2.41. The van der Waals surface area contributed by atoms with Crippen LogP contribution in [0.5, 0.6) is 0 Å². The van der Waals surface area contributed by atoms with E-state index in [9.17, 15) is 4.79 Å². The third-order valence-corrected chi connectivity index (χ3v) is 2.02. The average Bonchev–Trinajstić information content (AvgIpc) is 2.27. The SMILES string of the molecule is C#CC(C)(C)NC(=O)C=Cc1ccccc1. The van der Waals surface area contributed by atoms with Gasteiger partial charge in [-0.1, -0.05) is 36.3 Å². The third kappa shape index (κ3) is 4.02. The summed E-state index contributed by atoms with van der Waals surface area (Å²) in [5.41, 5.74) is 0.370. The van der Waals surface area contributed by atoms with Crippen LogP contribution in [-0.4, -0.2) is 11.4 Å². The molecule has 16 heavy (non-hydrogen) atoms. The van der Waals surface area contributed by atoms with Crippen molar-refractivity contribution in [3.63, 3.8) is 0 Å². The van der Waals surface area contributed by atoms with Gasteiger partial charge in [0.1, 0.15) is 0 Å². The Morgan fingerprint density at radius 3 is 2.56 bits per heavy atom. The molecule has 1 aromatic rings. The number of nitrogens with one attached hydrogen (secondary N) is 1. The summed E-state index contributed by atoms with van der Waals surface area (Å²) < 4.78 is 0. The van der Waals surface area contributed by atoms with Gasteiger partial charge in [-0.2, -0.15) is 0 Å². The van der Waals surface area contributed by atoms with Gasteiger partial charge in [-0.15, -0.1) is 6.42 Å². The minimum Gasteiger partial charge on any atom is -0.337 e. The molecule has 0 saturated carbocycles. The Balaban J connectivity index is 2.60. The fraction of sp³-hybridized carbons (Fsp3) is 0.214. The van der Waals surface area contributed by atoms with E-state index in [4.69, 9.17) is 6.42 Å². The first kappa shape index (κ1) is 12.1. The third-order valence-electron chi connectivity index (χ3n) is 2.02. The van der Waals surface area contributed by atoms with Crippen LogP contribution in [0.25, 0.3) is 6.08 Å². The van der Waals surface area contributed by atoms with Gasteiger partial charge in [0, 0.05) is 6.08 Å².